The first-order valence-corrected chi connectivity index (χ1v) is 11.7. The molecule has 11 heteroatoms. The smallest absolute Gasteiger partial charge is 0.433 e. The van der Waals surface area contributed by atoms with E-state index in [4.69, 9.17) is 14.6 Å². The van der Waals surface area contributed by atoms with E-state index in [1.165, 1.54) is 11.0 Å². The number of hydrogen-bond acceptors (Lipinski definition) is 6. The molecule has 2 heterocycles. The lowest BCUT2D eigenvalue weighted by Crippen LogP contribution is -2.37. The number of alkyl halides is 3. The van der Waals surface area contributed by atoms with Crippen molar-refractivity contribution in [1.82, 2.24) is 4.98 Å². The number of carboxylic acids is 1. The summed E-state index contributed by atoms with van der Waals surface area (Å²) in [7, 11) is 0. The number of rotatable bonds is 6. The number of aliphatic hydroxyl groups excluding tert-OH is 2. The molecule has 0 spiro atoms. The predicted molar refractivity (Wildman–Crippen MR) is 132 cm³/mol. The third-order valence-corrected chi connectivity index (χ3v) is 5.67. The summed E-state index contributed by atoms with van der Waals surface area (Å²) in [5, 5.41) is 28.5. The van der Waals surface area contributed by atoms with Crippen molar-refractivity contribution in [3.05, 3.63) is 89.2 Å². The van der Waals surface area contributed by atoms with Crippen molar-refractivity contribution in [3.63, 3.8) is 0 Å². The first-order chi connectivity index (χ1) is 18.0. The van der Waals surface area contributed by atoms with Crippen LogP contribution in [0.2, 0.25) is 0 Å². The normalized spacial score (nSPS) is 15.3. The van der Waals surface area contributed by atoms with Gasteiger partial charge >= 0.3 is 6.18 Å². The number of amides is 1. The lowest BCUT2D eigenvalue weighted by Gasteiger charge is -2.28. The highest BCUT2D eigenvalue weighted by molar-refractivity contribution is 5.97. The van der Waals surface area contributed by atoms with E-state index in [0.717, 1.165) is 19.2 Å². The Kier molecular flexibility index (Phi) is 9.43. The number of carbonyl (C=O) groups is 2. The van der Waals surface area contributed by atoms with E-state index in [1.807, 2.05) is 0 Å². The van der Waals surface area contributed by atoms with Gasteiger partial charge in [-0.15, -0.1) is 0 Å². The van der Waals surface area contributed by atoms with Gasteiger partial charge in [-0.05, 0) is 41.8 Å². The number of fused-ring (bicyclic) bond motifs is 1. The topological polar surface area (TPSA) is 120 Å². The third kappa shape index (κ3) is 7.53. The number of benzene rings is 2. The zero-order valence-electron chi connectivity index (χ0n) is 20.4. The molecular weight excluding hydrogens is 505 g/mol. The molecule has 1 aromatic heterocycles. The molecule has 1 amide bonds. The Balaban J connectivity index is 0.000000934. The van der Waals surface area contributed by atoms with Crippen LogP contribution < -0.4 is 9.64 Å². The van der Waals surface area contributed by atoms with Crippen LogP contribution in [-0.4, -0.2) is 45.3 Å². The van der Waals surface area contributed by atoms with E-state index in [9.17, 15) is 28.2 Å². The largest absolute Gasteiger partial charge is 0.493 e. The maximum absolute atomic E-state index is 13.3. The Morgan fingerprint density at radius 3 is 2.42 bits per heavy atom. The molecule has 0 unspecified atom stereocenters. The molecule has 2 aromatic carbocycles. The second-order valence-electron chi connectivity index (χ2n) is 8.50. The second kappa shape index (κ2) is 12.5. The highest BCUT2D eigenvalue weighted by Gasteiger charge is 2.32. The van der Waals surface area contributed by atoms with Crippen LogP contribution in [0.5, 0.6) is 5.75 Å². The zero-order valence-corrected chi connectivity index (χ0v) is 20.4. The summed E-state index contributed by atoms with van der Waals surface area (Å²) in [6, 6.07) is 15.6. The monoisotopic (exact) mass is 532 g/mol. The van der Waals surface area contributed by atoms with E-state index in [0.29, 0.717) is 41.2 Å². The van der Waals surface area contributed by atoms with Crippen LogP contribution >= 0.6 is 0 Å². The van der Waals surface area contributed by atoms with E-state index in [2.05, 4.69) is 4.98 Å². The van der Waals surface area contributed by atoms with Crippen LogP contribution in [0.1, 0.15) is 47.9 Å². The van der Waals surface area contributed by atoms with Crippen LogP contribution in [0, 0.1) is 0 Å². The average Bonchev–Trinajstić information content (AvgIpc) is 2.88. The number of ether oxygens (including phenoxy) is 1. The first kappa shape index (κ1) is 28.6. The lowest BCUT2D eigenvalue weighted by atomic mass is 10.0. The molecular formula is C27H27F3N2O6. The predicted octanol–water partition coefficient (Wildman–Crippen LogP) is 4.32. The van der Waals surface area contributed by atoms with Gasteiger partial charge in [0.1, 0.15) is 11.4 Å². The Morgan fingerprint density at radius 1 is 1.13 bits per heavy atom. The Morgan fingerprint density at radius 2 is 1.82 bits per heavy atom. The maximum Gasteiger partial charge on any atom is 0.433 e. The summed E-state index contributed by atoms with van der Waals surface area (Å²) in [6.45, 7) is 1.54. The number of aliphatic carboxylic acids is 1. The van der Waals surface area contributed by atoms with Crippen LogP contribution in [0.15, 0.2) is 66.9 Å². The van der Waals surface area contributed by atoms with Gasteiger partial charge in [0.15, 0.2) is 6.10 Å². The molecule has 0 saturated heterocycles. The summed E-state index contributed by atoms with van der Waals surface area (Å²) in [5.41, 5.74) is 0.888. The average molecular weight is 533 g/mol. The lowest BCUT2D eigenvalue weighted by molar-refractivity contribution is -0.141. The second-order valence-corrected chi connectivity index (χ2v) is 8.50. The van der Waals surface area contributed by atoms with E-state index < -0.39 is 36.0 Å². The van der Waals surface area contributed by atoms with E-state index in [-0.39, 0.29) is 13.0 Å². The van der Waals surface area contributed by atoms with Crippen molar-refractivity contribution < 1.29 is 42.8 Å². The van der Waals surface area contributed by atoms with Crippen LogP contribution in [0.3, 0.4) is 0 Å². The summed E-state index contributed by atoms with van der Waals surface area (Å²) >= 11 is 0. The molecule has 3 aromatic rings. The number of anilines is 1. The van der Waals surface area contributed by atoms with Gasteiger partial charge < -0.3 is 25.0 Å². The standard InChI is InChI=1S/C25H23F3N2O4.C2H4O2/c26-25(27,28)22-9-6-16(15-29-22)10-12-30(24(33)23(32)17-4-2-1-3-5-17)18-7-8-21-19(14-18)20(31)11-13-34-21;1-2(3)4/h1-9,14-15,20,23,31-32H,10-13H2;1H3,(H,3,4)/t20-,23-;/m0./s1. The molecule has 3 N–H and O–H groups in total. The molecule has 2 atom stereocenters. The number of hydrogen-bond donors (Lipinski definition) is 3. The zero-order chi connectivity index (χ0) is 27.9. The van der Waals surface area contributed by atoms with Gasteiger partial charge in [-0.1, -0.05) is 36.4 Å². The van der Waals surface area contributed by atoms with Crippen molar-refractivity contribution in [1.29, 1.82) is 0 Å². The van der Waals surface area contributed by atoms with Gasteiger partial charge in [-0.3, -0.25) is 14.6 Å². The minimum Gasteiger partial charge on any atom is -0.493 e. The van der Waals surface area contributed by atoms with Gasteiger partial charge in [0, 0.05) is 37.3 Å². The molecule has 1 aliphatic rings. The molecule has 0 aliphatic carbocycles. The number of carbonyl (C=O) groups excluding carboxylic acids is 1. The number of carboxylic acid groups (broad SMARTS) is 1. The van der Waals surface area contributed by atoms with Crippen LogP contribution in [0.25, 0.3) is 0 Å². The fourth-order valence-electron chi connectivity index (χ4n) is 3.80. The van der Waals surface area contributed by atoms with Gasteiger partial charge in [0.2, 0.25) is 0 Å². The minimum atomic E-state index is -4.54. The maximum atomic E-state index is 13.3. The van der Waals surface area contributed by atoms with Crippen molar-refractivity contribution >= 4 is 17.6 Å². The quantitative estimate of drug-likeness (QED) is 0.433. The van der Waals surface area contributed by atoms with Gasteiger partial charge in [-0.25, -0.2) is 0 Å². The number of halogens is 3. The van der Waals surface area contributed by atoms with Crippen molar-refractivity contribution in [2.24, 2.45) is 0 Å². The molecule has 0 saturated carbocycles. The molecule has 8 nitrogen and oxygen atoms in total. The Hall–Kier alpha value is -3.96. The summed E-state index contributed by atoms with van der Waals surface area (Å²) < 4.78 is 44.0. The molecule has 202 valence electrons. The molecule has 1 aliphatic heterocycles. The fourth-order valence-corrected chi connectivity index (χ4v) is 3.80. The highest BCUT2D eigenvalue weighted by Crippen LogP contribution is 2.36. The fraction of sp³-hybridized carbons (Fsp3) is 0.296. The summed E-state index contributed by atoms with van der Waals surface area (Å²) in [5.74, 6) is -0.914. The van der Waals surface area contributed by atoms with Crippen molar-refractivity contribution in [3.8, 4) is 5.75 Å². The highest BCUT2D eigenvalue weighted by atomic mass is 19.4. The molecule has 0 bridgehead atoms. The number of nitrogens with zero attached hydrogens (tertiary/aromatic N) is 2. The molecule has 0 fully saturated rings. The summed E-state index contributed by atoms with van der Waals surface area (Å²) in [4.78, 5) is 27.1. The number of aliphatic hydroxyl groups is 2. The van der Waals surface area contributed by atoms with Crippen LogP contribution in [0.4, 0.5) is 18.9 Å². The van der Waals surface area contributed by atoms with E-state index in [1.54, 1.807) is 48.5 Å². The van der Waals surface area contributed by atoms with Gasteiger partial charge in [0.25, 0.3) is 11.9 Å². The third-order valence-electron chi connectivity index (χ3n) is 5.67. The van der Waals surface area contributed by atoms with Crippen LogP contribution in [-0.2, 0) is 22.2 Å². The summed E-state index contributed by atoms with van der Waals surface area (Å²) in [6.07, 6.45) is -4.98. The van der Waals surface area contributed by atoms with Gasteiger partial charge in [0.05, 0.1) is 12.7 Å². The minimum absolute atomic E-state index is 0.0749. The first-order valence-electron chi connectivity index (χ1n) is 11.7. The van der Waals surface area contributed by atoms with Crippen molar-refractivity contribution in [2.45, 2.75) is 38.1 Å². The molecule has 38 heavy (non-hydrogen) atoms. The Bertz CT molecular complexity index is 1230. The molecule has 4 rings (SSSR count). The Labute approximate surface area is 216 Å². The van der Waals surface area contributed by atoms with E-state index >= 15 is 0 Å². The molecule has 0 radical (unpaired) electrons. The van der Waals surface area contributed by atoms with Crippen molar-refractivity contribution in [2.75, 3.05) is 18.1 Å². The van der Waals surface area contributed by atoms with Gasteiger partial charge in [-0.2, -0.15) is 13.2 Å². The number of aromatic nitrogens is 1. The number of pyridine rings is 1. The SMILES string of the molecule is CC(=O)O.O=C([C@@H](O)c1ccccc1)N(CCc1ccc(C(F)(F)F)nc1)c1ccc2c(c1)[C@@H](O)CCO2.